The summed E-state index contributed by atoms with van der Waals surface area (Å²) in [4.78, 5) is 17.1. The second-order valence-corrected chi connectivity index (χ2v) is 7.13. The molecule has 2 fully saturated rings. The number of amides is 2. The molecule has 1 aromatic rings. The molecule has 1 aromatic carbocycles. The molecular weight excluding hydrogens is 328 g/mol. The highest BCUT2D eigenvalue weighted by Gasteiger charge is 2.33. The van der Waals surface area contributed by atoms with Crippen molar-refractivity contribution in [3.05, 3.63) is 35.9 Å². The van der Waals surface area contributed by atoms with Gasteiger partial charge in [-0.1, -0.05) is 44.2 Å². The summed E-state index contributed by atoms with van der Waals surface area (Å²) < 4.78 is 6.04. The fourth-order valence-corrected chi connectivity index (χ4v) is 4.06. The minimum atomic E-state index is -0.0861. The molecule has 3 rings (SSSR count). The van der Waals surface area contributed by atoms with Crippen LogP contribution in [0.4, 0.5) is 4.79 Å². The fraction of sp³-hybridized carbons (Fsp3) is 0.650. The van der Waals surface area contributed by atoms with E-state index in [-0.39, 0.29) is 24.2 Å². The highest BCUT2D eigenvalue weighted by Crippen LogP contribution is 2.29. The number of rotatable bonds is 6. The maximum Gasteiger partial charge on any atom is 0.315 e. The number of urea groups is 1. The fourth-order valence-electron chi connectivity index (χ4n) is 4.06. The SMILES string of the molecule is CCN1CCC(NC(=O)NC[C@@H]2OCCN(CC)[C@H]2c2ccccc2)C1. The Balaban J connectivity index is 1.55. The molecule has 0 aromatic heterocycles. The molecule has 2 aliphatic heterocycles. The number of nitrogens with one attached hydrogen (secondary N) is 2. The Morgan fingerprint density at radius 1 is 1.19 bits per heavy atom. The number of carbonyl (C=O) groups is 1. The average molecular weight is 361 g/mol. The molecule has 6 nitrogen and oxygen atoms in total. The number of carbonyl (C=O) groups excluding carboxylic acids is 1. The van der Waals surface area contributed by atoms with Crippen molar-refractivity contribution in [3.8, 4) is 0 Å². The van der Waals surface area contributed by atoms with Gasteiger partial charge in [0.15, 0.2) is 0 Å². The van der Waals surface area contributed by atoms with Gasteiger partial charge in [-0.3, -0.25) is 4.90 Å². The van der Waals surface area contributed by atoms with Crippen LogP contribution in [0, 0.1) is 0 Å². The Kier molecular flexibility index (Phi) is 6.88. The molecule has 0 spiro atoms. The van der Waals surface area contributed by atoms with Crippen molar-refractivity contribution in [2.45, 2.75) is 38.5 Å². The van der Waals surface area contributed by atoms with E-state index in [4.69, 9.17) is 4.74 Å². The molecule has 1 unspecified atom stereocenters. The van der Waals surface area contributed by atoms with Crippen LogP contribution in [0.5, 0.6) is 0 Å². The van der Waals surface area contributed by atoms with Gasteiger partial charge in [-0.25, -0.2) is 4.79 Å². The Bertz CT molecular complexity index is 568. The van der Waals surface area contributed by atoms with Crippen molar-refractivity contribution >= 4 is 6.03 Å². The Hall–Kier alpha value is -1.63. The summed E-state index contributed by atoms with van der Waals surface area (Å²) in [5.74, 6) is 0. The first-order valence-electron chi connectivity index (χ1n) is 9.88. The van der Waals surface area contributed by atoms with Crippen LogP contribution in [-0.4, -0.2) is 73.9 Å². The molecule has 0 aliphatic carbocycles. The van der Waals surface area contributed by atoms with Gasteiger partial charge in [-0.15, -0.1) is 0 Å². The quantitative estimate of drug-likeness (QED) is 0.813. The Labute approximate surface area is 156 Å². The smallest absolute Gasteiger partial charge is 0.315 e. The molecule has 3 atom stereocenters. The second kappa shape index (κ2) is 9.35. The van der Waals surface area contributed by atoms with E-state index in [2.05, 4.69) is 58.5 Å². The molecule has 2 amide bonds. The van der Waals surface area contributed by atoms with Gasteiger partial charge in [0.25, 0.3) is 0 Å². The van der Waals surface area contributed by atoms with Gasteiger partial charge in [-0.2, -0.15) is 0 Å². The van der Waals surface area contributed by atoms with E-state index in [9.17, 15) is 4.79 Å². The largest absolute Gasteiger partial charge is 0.373 e. The van der Waals surface area contributed by atoms with Crippen LogP contribution in [0.2, 0.25) is 0 Å². The number of likely N-dealkylation sites (N-methyl/N-ethyl adjacent to an activating group) is 2. The zero-order valence-electron chi connectivity index (χ0n) is 16.0. The zero-order valence-corrected chi connectivity index (χ0v) is 16.0. The van der Waals surface area contributed by atoms with E-state index >= 15 is 0 Å². The maximum absolute atomic E-state index is 12.3. The van der Waals surface area contributed by atoms with Crippen molar-refractivity contribution in [1.29, 1.82) is 0 Å². The minimum Gasteiger partial charge on any atom is -0.373 e. The molecule has 26 heavy (non-hydrogen) atoms. The Morgan fingerprint density at radius 3 is 2.69 bits per heavy atom. The molecule has 0 radical (unpaired) electrons. The highest BCUT2D eigenvalue weighted by atomic mass is 16.5. The predicted octanol–water partition coefficient (Wildman–Crippen LogP) is 1.84. The van der Waals surface area contributed by atoms with E-state index < -0.39 is 0 Å². The third kappa shape index (κ3) is 4.75. The number of hydrogen-bond donors (Lipinski definition) is 2. The number of nitrogens with zero attached hydrogens (tertiary/aromatic N) is 2. The summed E-state index contributed by atoms with van der Waals surface area (Å²) in [6.07, 6.45) is 0.991. The lowest BCUT2D eigenvalue weighted by molar-refractivity contribution is -0.0682. The van der Waals surface area contributed by atoms with Crippen LogP contribution in [-0.2, 0) is 4.74 Å². The van der Waals surface area contributed by atoms with E-state index in [0.29, 0.717) is 13.2 Å². The third-order valence-corrected chi connectivity index (χ3v) is 5.52. The van der Waals surface area contributed by atoms with Gasteiger partial charge in [0.1, 0.15) is 0 Å². The highest BCUT2D eigenvalue weighted by molar-refractivity contribution is 5.74. The molecule has 2 N–H and O–H groups in total. The molecule has 0 bridgehead atoms. The van der Waals surface area contributed by atoms with Crippen molar-refractivity contribution in [2.75, 3.05) is 45.9 Å². The first-order valence-corrected chi connectivity index (χ1v) is 9.88. The van der Waals surface area contributed by atoms with Crippen molar-refractivity contribution in [1.82, 2.24) is 20.4 Å². The lowest BCUT2D eigenvalue weighted by Crippen LogP contribution is -2.52. The average Bonchev–Trinajstić information content (AvgIpc) is 3.14. The van der Waals surface area contributed by atoms with E-state index in [0.717, 1.165) is 39.1 Å². The molecule has 6 heteroatoms. The number of likely N-dealkylation sites (tertiary alicyclic amines) is 1. The van der Waals surface area contributed by atoms with Gasteiger partial charge in [-0.05, 0) is 25.1 Å². The van der Waals surface area contributed by atoms with Crippen molar-refractivity contribution in [2.24, 2.45) is 0 Å². The standard InChI is InChI=1S/C20H32N4O2/c1-3-23-11-10-17(15-23)22-20(25)21-14-18-19(16-8-6-5-7-9-16)24(4-2)12-13-26-18/h5-9,17-19H,3-4,10-15H2,1-2H3,(H2,21,22,25)/t17?,18-,19-/m0/s1. The van der Waals surface area contributed by atoms with Gasteiger partial charge in [0.05, 0.1) is 18.8 Å². The summed E-state index contributed by atoms with van der Waals surface area (Å²) >= 11 is 0. The van der Waals surface area contributed by atoms with E-state index in [1.165, 1.54) is 5.56 Å². The minimum absolute atomic E-state index is 0.0347. The van der Waals surface area contributed by atoms with E-state index in [1.807, 2.05) is 6.07 Å². The predicted molar refractivity (Wildman–Crippen MR) is 103 cm³/mol. The van der Waals surface area contributed by atoms with Crippen LogP contribution >= 0.6 is 0 Å². The van der Waals surface area contributed by atoms with Crippen LogP contribution < -0.4 is 10.6 Å². The summed E-state index contributed by atoms with van der Waals surface area (Å²) in [5.41, 5.74) is 1.25. The topological polar surface area (TPSA) is 56.8 Å². The van der Waals surface area contributed by atoms with E-state index in [1.54, 1.807) is 0 Å². The lowest BCUT2D eigenvalue weighted by Gasteiger charge is -2.41. The number of ether oxygens (including phenoxy) is 1. The van der Waals surface area contributed by atoms with Gasteiger partial charge >= 0.3 is 6.03 Å². The normalized spacial score (nSPS) is 27.4. The summed E-state index contributed by atoms with van der Waals surface area (Å²) in [6, 6.07) is 10.8. The number of hydrogen-bond acceptors (Lipinski definition) is 4. The summed E-state index contributed by atoms with van der Waals surface area (Å²) in [6.45, 7) is 10.5. The van der Waals surface area contributed by atoms with Crippen LogP contribution in [0.15, 0.2) is 30.3 Å². The molecule has 144 valence electrons. The van der Waals surface area contributed by atoms with Crippen LogP contribution in [0.3, 0.4) is 0 Å². The zero-order chi connectivity index (χ0) is 18.4. The third-order valence-electron chi connectivity index (χ3n) is 5.52. The van der Waals surface area contributed by atoms with Crippen molar-refractivity contribution in [3.63, 3.8) is 0 Å². The summed E-state index contributed by atoms with van der Waals surface area (Å²) in [7, 11) is 0. The number of morpholine rings is 1. The van der Waals surface area contributed by atoms with Crippen LogP contribution in [0.1, 0.15) is 31.9 Å². The molecule has 2 saturated heterocycles. The molecule has 2 heterocycles. The first kappa shape index (κ1) is 19.1. The summed E-state index contributed by atoms with van der Waals surface area (Å²) in [5, 5.41) is 6.14. The lowest BCUT2D eigenvalue weighted by atomic mass is 9.98. The monoisotopic (exact) mass is 360 g/mol. The van der Waals surface area contributed by atoms with Gasteiger partial charge in [0, 0.05) is 32.2 Å². The Morgan fingerprint density at radius 2 is 2.00 bits per heavy atom. The van der Waals surface area contributed by atoms with Crippen molar-refractivity contribution < 1.29 is 9.53 Å². The maximum atomic E-state index is 12.3. The number of benzene rings is 1. The van der Waals surface area contributed by atoms with Crippen LogP contribution in [0.25, 0.3) is 0 Å². The molecule has 0 saturated carbocycles. The molecular formula is C20H32N4O2. The molecule has 2 aliphatic rings. The van der Waals surface area contributed by atoms with Gasteiger partial charge < -0.3 is 20.3 Å². The second-order valence-electron chi connectivity index (χ2n) is 7.13. The van der Waals surface area contributed by atoms with Gasteiger partial charge in [0.2, 0.25) is 0 Å². The first-order chi connectivity index (χ1) is 12.7.